The predicted octanol–water partition coefficient (Wildman–Crippen LogP) is 5.41. The number of benzene rings is 1. The molecule has 0 saturated heterocycles. The van der Waals surface area contributed by atoms with Gasteiger partial charge < -0.3 is 4.74 Å². The summed E-state index contributed by atoms with van der Waals surface area (Å²) in [6, 6.07) is 12.4. The Labute approximate surface area is 135 Å². The minimum Gasteiger partial charge on any atom is -0.473 e. The fourth-order valence-corrected chi connectivity index (χ4v) is 2.71. The quantitative estimate of drug-likeness (QED) is 0.636. The number of alkyl halides is 3. The number of hydrogen-bond acceptors (Lipinski definition) is 3. The van der Waals surface area contributed by atoms with Crippen LogP contribution in [0, 0.1) is 0 Å². The summed E-state index contributed by atoms with van der Waals surface area (Å²) >= 11 is 1.57. The maximum Gasteiger partial charge on any atom is 0.416 e. The Morgan fingerprint density at radius 3 is 2.61 bits per heavy atom. The Morgan fingerprint density at radius 1 is 1.04 bits per heavy atom. The van der Waals surface area contributed by atoms with E-state index in [0.717, 1.165) is 23.4 Å². The Hall–Kier alpha value is -2.34. The van der Waals surface area contributed by atoms with Crippen molar-refractivity contribution < 1.29 is 17.9 Å². The number of aromatic nitrogens is 1. The molecule has 0 amide bonds. The van der Waals surface area contributed by atoms with Gasteiger partial charge in [-0.3, -0.25) is 0 Å². The zero-order chi connectivity index (χ0) is 16.3. The third kappa shape index (κ3) is 3.90. The van der Waals surface area contributed by atoms with Crippen LogP contribution in [0.15, 0.2) is 59.3 Å². The van der Waals surface area contributed by atoms with Crippen molar-refractivity contribution in [3.63, 3.8) is 0 Å². The van der Waals surface area contributed by atoms with E-state index in [9.17, 15) is 13.2 Å². The number of nitrogens with zero attached hydrogens (tertiary/aromatic N) is 1. The van der Waals surface area contributed by atoms with Gasteiger partial charge in [0, 0.05) is 17.0 Å². The van der Waals surface area contributed by atoms with Crippen LogP contribution < -0.4 is 4.74 Å². The molecule has 0 aliphatic carbocycles. The number of halogens is 3. The van der Waals surface area contributed by atoms with Crippen LogP contribution in [0.4, 0.5) is 13.2 Å². The van der Waals surface area contributed by atoms with Crippen molar-refractivity contribution in [2.45, 2.75) is 12.8 Å². The fraction of sp³-hybridized carbons (Fsp3) is 0.118. The van der Waals surface area contributed by atoms with E-state index in [4.69, 9.17) is 4.74 Å². The molecule has 0 radical (unpaired) electrons. The van der Waals surface area contributed by atoms with Gasteiger partial charge in [0.15, 0.2) is 0 Å². The summed E-state index contributed by atoms with van der Waals surface area (Å²) in [5, 5.41) is 3.92. The molecule has 1 aromatic carbocycles. The monoisotopic (exact) mass is 335 g/mol. The summed E-state index contributed by atoms with van der Waals surface area (Å²) in [5.74, 6) is 0.381. The molecule has 118 valence electrons. The smallest absolute Gasteiger partial charge is 0.416 e. The summed E-state index contributed by atoms with van der Waals surface area (Å²) < 4.78 is 43.6. The molecule has 2 heterocycles. The predicted molar refractivity (Wildman–Crippen MR) is 83.3 cm³/mol. The average Bonchev–Trinajstić information content (AvgIpc) is 3.07. The van der Waals surface area contributed by atoms with Crippen LogP contribution in [0.25, 0.3) is 11.3 Å². The van der Waals surface area contributed by atoms with Gasteiger partial charge in [-0.2, -0.15) is 24.5 Å². The summed E-state index contributed by atoms with van der Waals surface area (Å²) in [7, 11) is 0. The first-order valence-corrected chi connectivity index (χ1v) is 7.75. The third-order valence-corrected chi connectivity index (χ3v) is 3.86. The van der Waals surface area contributed by atoms with Crippen LogP contribution in [-0.4, -0.2) is 4.98 Å². The number of rotatable bonds is 4. The van der Waals surface area contributed by atoms with E-state index in [0.29, 0.717) is 11.4 Å². The van der Waals surface area contributed by atoms with Crippen molar-refractivity contribution >= 4 is 11.3 Å². The fourth-order valence-electron chi connectivity index (χ4n) is 2.06. The van der Waals surface area contributed by atoms with Crippen LogP contribution in [0.3, 0.4) is 0 Å². The van der Waals surface area contributed by atoms with Crippen LogP contribution in [0.5, 0.6) is 5.88 Å². The summed E-state index contributed by atoms with van der Waals surface area (Å²) in [6.45, 7) is 0.0318. The molecule has 0 spiro atoms. The molecule has 0 saturated carbocycles. The van der Waals surface area contributed by atoms with Gasteiger partial charge in [0.05, 0.1) is 11.3 Å². The van der Waals surface area contributed by atoms with E-state index in [2.05, 4.69) is 4.98 Å². The lowest BCUT2D eigenvalue weighted by atomic mass is 10.1. The van der Waals surface area contributed by atoms with E-state index in [1.54, 1.807) is 23.5 Å². The molecule has 3 rings (SSSR count). The topological polar surface area (TPSA) is 22.1 Å². The van der Waals surface area contributed by atoms with Gasteiger partial charge in [0.25, 0.3) is 0 Å². The highest BCUT2D eigenvalue weighted by molar-refractivity contribution is 7.08. The molecule has 0 fully saturated rings. The minimum atomic E-state index is -4.35. The van der Waals surface area contributed by atoms with Gasteiger partial charge in [-0.15, -0.1) is 0 Å². The van der Waals surface area contributed by atoms with Gasteiger partial charge in [-0.1, -0.05) is 18.2 Å². The average molecular weight is 335 g/mol. The molecule has 23 heavy (non-hydrogen) atoms. The Bertz CT molecular complexity index is 785. The minimum absolute atomic E-state index is 0.0318. The van der Waals surface area contributed by atoms with E-state index in [1.807, 2.05) is 29.0 Å². The maximum atomic E-state index is 12.7. The molecule has 0 aliphatic rings. The lowest BCUT2D eigenvalue weighted by Crippen LogP contribution is -2.06. The van der Waals surface area contributed by atoms with Crippen molar-refractivity contribution in [3.05, 3.63) is 70.4 Å². The molecule has 2 nitrogen and oxygen atoms in total. The highest BCUT2D eigenvalue weighted by atomic mass is 32.1. The Kier molecular flexibility index (Phi) is 4.34. The van der Waals surface area contributed by atoms with Gasteiger partial charge in [0.1, 0.15) is 6.61 Å². The first kappa shape index (κ1) is 15.6. The van der Waals surface area contributed by atoms with E-state index in [-0.39, 0.29) is 6.61 Å². The van der Waals surface area contributed by atoms with Crippen molar-refractivity contribution in [1.82, 2.24) is 4.98 Å². The van der Waals surface area contributed by atoms with Gasteiger partial charge >= 0.3 is 6.18 Å². The van der Waals surface area contributed by atoms with Gasteiger partial charge in [0.2, 0.25) is 5.88 Å². The second-order valence-corrected chi connectivity index (χ2v) is 5.64. The lowest BCUT2D eigenvalue weighted by Gasteiger charge is -2.10. The summed E-state index contributed by atoms with van der Waals surface area (Å²) in [5.41, 5.74) is 1.52. The van der Waals surface area contributed by atoms with Crippen molar-refractivity contribution in [3.8, 4) is 17.1 Å². The van der Waals surface area contributed by atoms with Crippen LogP contribution in [0.1, 0.15) is 11.1 Å². The zero-order valence-electron chi connectivity index (χ0n) is 11.9. The number of ether oxygens (including phenoxy) is 1. The van der Waals surface area contributed by atoms with Crippen LogP contribution in [-0.2, 0) is 12.8 Å². The highest BCUT2D eigenvalue weighted by Crippen LogP contribution is 2.29. The number of pyridine rings is 1. The largest absolute Gasteiger partial charge is 0.473 e. The van der Waals surface area contributed by atoms with Crippen LogP contribution >= 0.6 is 11.3 Å². The first-order chi connectivity index (χ1) is 11.0. The lowest BCUT2D eigenvalue weighted by molar-refractivity contribution is -0.137. The number of hydrogen-bond donors (Lipinski definition) is 0. The van der Waals surface area contributed by atoms with Crippen LogP contribution in [0.2, 0.25) is 0 Å². The third-order valence-electron chi connectivity index (χ3n) is 3.18. The molecule has 0 bridgehead atoms. The second-order valence-electron chi connectivity index (χ2n) is 4.86. The standard InChI is InChI=1S/C17H12F3NOS/c18-17(19,20)14-4-1-3-12(9-14)10-22-16-6-2-5-15(21-16)13-7-8-23-11-13/h1-9,11H,10H2. The molecular formula is C17H12F3NOS. The van der Waals surface area contributed by atoms with Crippen molar-refractivity contribution in [2.24, 2.45) is 0 Å². The first-order valence-electron chi connectivity index (χ1n) is 6.81. The van der Waals surface area contributed by atoms with E-state index >= 15 is 0 Å². The molecule has 2 aromatic heterocycles. The molecule has 3 aromatic rings. The van der Waals surface area contributed by atoms with Gasteiger partial charge in [-0.05, 0) is 35.2 Å². The molecule has 0 unspecified atom stereocenters. The molecule has 6 heteroatoms. The Balaban J connectivity index is 1.73. The molecule has 0 N–H and O–H groups in total. The molecule has 0 aliphatic heterocycles. The normalized spacial score (nSPS) is 11.4. The SMILES string of the molecule is FC(F)(F)c1cccc(COc2cccc(-c3ccsc3)n2)c1. The molecular weight excluding hydrogens is 323 g/mol. The Morgan fingerprint density at radius 2 is 1.87 bits per heavy atom. The highest BCUT2D eigenvalue weighted by Gasteiger charge is 2.30. The molecule has 0 atom stereocenters. The van der Waals surface area contributed by atoms with Crippen molar-refractivity contribution in [2.75, 3.05) is 0 Å². The zero-order valence-corrected chi connectivity index (χ0v) is 12.7. The van der Waals surface area contributed by atoms with E-state index in [1.165, 1.54) is 6.07 Å². The van der Waals surface area contributed by atoms with Gasteiger partial charge in [-0.25, -0.2) is 4.98 Å². The van der Waals surface area contributed by atoms with Crippen molar-refractivity contribution in [1.29, 1.82) is 0 Å². The van der Waals surface area contributed by atoms with E-state index < -0.39 is 11.7 Å². The second kappa shape index (κ2) is 6.42. The summed E-state index contributed by atoms with van der Waals surface area (Å²) in [6.07, 6.45) is -4.35. The maximum absolute atomic E-state index is 12.7. The number of thiophene rings is 1. The summed E-state index contributed by atoms with van der Waals surface area (Å²) in [4.78, 5) is 4.36.